The summed E-state index contributed by atoms with van der Waals surface area (Å²) in [6, 6.07) is 6.13. The summed E-state index contributed by atoms with van der Waals surface area (Å²) in [7, 11) is -1.31. The van der Waals surface area contributed by atoms with Gasteiger partial charge in [-0.3, -0.25) is 0 Å². The molecule has 0 aliphatic carbocycles. The molecule has 1 heterocycles. The normalized spacial score (nSPS) is 16.0. The van der Waals surface area contributed by atoms with Crippen LogP contribution in [-0.4, -0.2) is 18.9 Å². The summed E-state index contributed by atoms with van der Waals surface area (Å²) in [5.41, 5.74) is 0.771. The highest BCUT2D eigenvalue weighted by molar-refractivity contribution is 7.84. The summed E-state index contributed by atoms with van der Waals surface area (Å²) in [5.74, 6) is -0.313. The van der Waals surface area contributed by atoms with Gasteiger partial charge in [-0.1, -0.05) is 12.1 Å². The summed E-state index contributed by atoms with van der Waals surface area (Å²) in [4.78, 5) is 8.08. The van der Waals surface area contributed by atoms with Gasteiger partial charge in [0.1, 0.15) is 12.1 Å². The number of benzene rings is 1. The third-order valence-electron chi connectivity index (χ3n) is 3.41. The second-order valence-corrected chi connectivity index (χ2v) is 8.21. The Labute approximate surface area is 132 Å². The van der Waals surface area contributed by atoms with Crippen molar-refractivity contribution in [2.75, 3.05) is 0 Å². The van der Waals surface area contributed by atoms with Crippen LogP contribution in [0.3, 0.4) is 0 Å². The SMILES string of the molecule is CC(C)(C)[S@](=O)N[C@@](C)(c1ccc(F)cc1)c1cncnc1. The Morgan fingerprint density at radius 1 is 1.00 bits per heavy atom. The van der Waals surface area contributed by atoms with Crippen molar-refractivity contribution in [3.8, 4) is 0 Å². The Morgan fingerprint density at radius 2 is 1.55 bits per heavy atom. The fourth-order valence-electron chi connectivity index (χ4n) is 1.96. The van der Waals surface area contributed by atoms with E-state index >= 15 is 0 Å². The van der Waals surface area contributed by atoms with Gasteiger partial charge in [0.25, 0.3) is 0 Å². The minimum atomic E-state index is -1.31. The van der Waals surface area contributed by atoms with Crippen molar-refractivity contribution in [2.24, 2.45) is 0 Å². The Kier molecular flexibility index (Phi) is 4.72. The third kappa shape index (κ3) is 3.56. The molecule has 1 aromatic carbocycles. The summed E-state index contributed by atoms with van der Waals surface area (Å²) in [6.07, 6.45) is 4.78. The van der Waals surface area contributed by atoms with Crippen LogP contribution in [0.1, 0.15) is 38.8 Å². The van der Waals surface area contributed by atoms with Crippen molar-refractivity contribution in [3.05, 3.63) is 59.9 Å². The predicted octanol–water partition coefficient (Wildman–Crippen LogP) is 2.93. The zero-order valence-corrected chi connectivity index (χ0v) is 13.9. The predicted molar refractivity (Wildman–Crippen MR) is 85.9 cm³/mol. The van der Waals surface area contributed by atoms with E-state index in [-0.39, 0.29) is 5.82 Å². The average Bonchev–Trinajstić information content (AvgIpc) is 2.47. The fraction of sp³-hybridized carbons (Fsp3) is 0.375. The molecular weight excluding hydrogens is 301 g/mol. The Hall–Kier alpha value is -1.66. The van der Waals surface area contributed by atoms with Crippen molar-refractivity contribution in [3.63, 3.8) is 0 Å². The maximum absolute atomic E-state index is 13.2. The number of hydrogen-bond acceptors (Lipinski definition) is 3. The minimum Gasteiger partial charge on any atom is -0.244 e. The number of hydrogen-bond donors (Lipinski definition) is 1. The molecule has 2 atom stereocenters. The summed E-state index contributed by atoms with van der Waals surface area (Å²) in [6.45, 7) is 7.57. The van der Waals surface area contributed by atoms with E-state index in [9.17, 15) is 8.60 Å². The number of nitrogens with one attached hydrogen (secondary N) is 1. The van der Waals surface area contributed by atoms with E-state index in [0.717, 1.165) is 11.1 Å². The molecule has 0 amide bonds. The van der Waals surface area contributed by atoms with E-state index in [0.29, 0.717) is 0 Å². The molecule has 1 aromatic heterocycles. The third-order valence-corrected chi connectivity index (χ3v) is 5.12. The van der Waals surface area contributed by atoms with Gasteiger partial charge in [0, 0.05) is 18.0 Å². The van der Waals surface area contributed by atoms with Crippen LogP contribution in [0.15, 0.2) is 43.0 Å². The van der Waals surface area contributed by atoms with Crippen molar-refractivity contribution < 1.29 is 8.60 Å². The lowest BCUT2D eigenvalue weighted by atomic mass is 9.87. The monoisotopic (exact) mass is 321 g/mol. The standard InChI is InChI=1S/C16H20FN3OS/c1-15(2,3)22(21)20-16(4,13-9-18-11-19-10-13)12-5-7-14(17)8-6-12/h5-11,20H,1-4H3/t16-,22-/m0/s1. The largest absolute Gasteiger partial charge is 0.244 e. The lowest BCUT2D eigenvalue weighted by Crippen LogP contribution is -2.47. The molecule has 0 radical (unpaired) electrons. The lowest BCUT2D eigenvalue weighted by Gasteiger charge is -2.33. The zero-order chi connectivity index (χ0) is 16.4. The van der Waals surface area contributed by atoms with E-state index in [1.54, 1.807) is 24.5 Å². The number of rotatable bonds is 4. The lowest BCUT2D eigenvalue weighted by molar-refractivity contribution is 0.519. The van der Waals surface area contributed by atoms with Crippen molar-refractivity contribution in [2.45, 2.75) is 38.0 Å². The highest BCUT2D eigenvalue weighted by Crippen LogP contribution is 2.30. The fourth-order valence-corrected chi connectivity index (χ4v) is 2.88. The van der Waals surface area contributed by atoms with Crippen LogP contribution in [0.4, 0.5) is 4.39 Å². The molecule has 0 saturated heterocycles. The van der Waals surface area contributed by atoms with E-state index in [2.05, 4.69) is 14.7 Å². The second kappa shape index (κ2) is 6.22. The van der Waals surface area contributed by atoms with Gasteiger partial charge in [0.15, 0.2) is 0 Å². The first kappa shape index (κ1) is 16.7. The molecule has 0 unspecified atom stereocenters. The smallest absolute Gasteiger partial charge is 0.123 e. The molecule has 0 aliphatic heterocycles. The molecule has 0 spiro atoms. The Balaban J connectivity index is 2.50. The molecule has 1 N–H and O–H groups in total. The van der Waals surface area contributed by atoms with E-state index in [1.165, 1.54) is 18.5 Å². The highest BCUT2D eigenvalue weighted by atomic mass is 32.2. The summed E-state index contributed by atoms with van der Waals surface area (Å²) >= 11 is 0. The average molecular weight is 321 g/mol. The molecule has 0 bridgehead atoms. The molecule has 22 heavy (non-hydrogen) atoms. The first-order valence-corrected chi connectivity index (χ1v) is 8.10. The number of aromatic nitrogens is 2. The van der Waals surface area contributed by atoms with Crippen molar-refractivity contribution in [1.29, 1.82) is 0 Å². The van der Waals surface area contributed by atoms with Gasteiger partial charge in [0.2, 0.25) is 0 Å². The molecule has 6 heteroatoms. The number of nitrogens with zero attached hydrogens (tertiary/aromatic N) is 2. The van der Waals surface area contributed by atoms with Crippen LogP contribution in [0.2, 0.25) is 0 Å². The first-order chi connectivity index (χ1) is 10.2. The molecule has 2 rings (SSSR count). The summed E-state index contributed by atoms with van der Waals surface area (Å²) < 4.78 is 28.5. The van der Waals surface area contributed by atoms with Crippen LogP contribution in [-0.2, 0) is 16.5 Å². The Bertz CT molecular complexity index is 655. The van der Waals surface area contributed by atoms with Gasteiger partial charge in [-0.25, -0.2) is 23.3 Å². The molecule has 2 aromatic rings. The van der Waals surface area contributed by atoms with Gasteiger partial charge >= 0.3 is 0 Å². The second-order valence-electron chi connectivity index (χ2n) is 6.24. The molecular formula is C16H20FN3OS. The quantitative estimate of drug-likeness (QED) is 0.942. The van der Waals surface area contributed by atoms with E-state index in [1.807, 2.05) is 27.7 Å². The maximum Gasteiger partial charge on any atom is 0.123 e. The Morgan fingerprint density at radius 3 is 2.05 bits per heavy atom. The molecule has 0 fully saturated rings. The van der Waals surface area contributed by atoms with Crippen LogP contribution < -0.4 is 4.72 Å². The van der Waals surface area contributed by atoms with Gasteiger partial charge in [0.05, 0.1) is 21.3 Å². The molecule has 4 nitrogen and oxygen atoms in total. The molecule has 0 aliphatic rings. The van der Waals surface area contributed by atoms with Crippen LogP contribution in [0.5, 0.6) is 0 Å². The van der Waals surface area contributed by atoms with Gasteiger partial charge in [-0.05, 0) is 45.4 Å². The molecule has 118 valence electrons. The zero-order valence-electron chi connectivity index (χ0n) is 13.1. The highest BCUT2D eigenvalue weighted by Gasteiger charge is 2.34. The molecule has 0 saturated carbocycles. The maximum atomic E-state index is 13.2. The van der Waals surface area contributed by atoms with Crippen LogP contribution >= 0.6 is 0 Å². The van der Waals surface area contributed by atoms with E-state index < -0.39 is 21.3 Å². The van der Waals surface area contributed by atoms with Gasteiger partial charge in [-0.2, -0.15) is 0 Å². The first-order valence-electron chi connectivity index (χ1n) is 6.95. The topological polar surface area (TPSA) is 54.9 Å². The van der Waals surface area contributed by atoms with E-state index in [4.69, 9.17) is 0 Å². The van der Waals surface area contributed by atoms with Gasteiger partial charge in [-0.15, -0.1) is 0 Å². The van der Waals surface area contributed by atoms with Crippen LogP contribution in [0.25, 0.3) is 0 Å². The number of halogens is 1. The van der Waals surface area contributed by atoms with Crippen molar-refractivity contribution >= 4 is 11.0 Å². The van der Waals surface area contributed by atoms with Crippen molar-refractivity contribution in [1.82, 2.24) is 14.7 Å². The van der Waals surface area contributed by atoms with Gasteiger partial charge < -0.3 is 0 Å². The minimum absolute atomic E-state index is 0.313. The van der Waals surface area contributed by atoms with Crippen LogP contribution in [0, 0.1) is 5.82 Å². The summed E-state index contributed by atoms with van der Waals surface area (Å²) in [5, 5.41) is 0.